The van der Waals surface area contributed by atoms with Crippen LogP contribution in [0, 0.1) is 0 Å². The lowest BCUT2D eigenvalue weighted by atomic mass is 10.1. The van der Waals surface area contributed by atoms with Crippen molar-refractivity contribution in [1.29, 1.82) is 0 Å². The fraction of sp³-hybridized carbons (Fsp3) is 0.167. The highest BCUT2D eigenvalue weighted by Gasteiger charge is 2.19. The lowest BCUT2D eigenvalue weighted by Crippen LogP contribution is -2.58. The van der Waals surface area contributed by atoms with E-state index in [4.69, 9.17) is 4.74 Å². The number of thiazole rings is 1. The van der Waals surface area contributed by atoms with Crippen molar-refractivity contribution < 1.29 is 34.1 Å². The van der Waals surface area contributed by atoms with Crippen LogP contribution >= 0.6 is 11.3 Å². The van der Waals surface area contributed by atoms with Crippen molar-refractivity contribution in [2.75, 3.05) is 10.6 Å². The van der Waals surface area contributed by atoms with Gasteiger partial charge in [0.25, 0.3) is 5.91 Å². The number of para-hydroxylation sites is 1. The molecule has 0 spiro atoms. The van der Waals surface area contributed by atoms with Crippen LogP contribution < -0.4 is 41.5 Å². The van der Waals surface area contributed by atoms with E-state index in [2.05, 4.69) is 20.9 Å². The molecule has 0 saturated heterocycles. The van der Waals surface area contributed by atoms with Crippen LogP contribution in [0.2, 0.25) is 0 Å². The van der Waals surface area contributed by atoms with Crippen LogP contribution in [0.15, 0.2) is 78.9 Å². The summed E-state index contributed by atoms with van der Waals surface area (Å²) in [7, 11) is 0. The van der Waals surface area contributed by atoms with Gasteiger partial charge in [-0.2, -0.15) is 0 Å². The molecule has 0 unspecified atom stereocenters. The number of aryl methyl sites for hydroxylation is 2. The number of carbonyl (C=O) groups excluding carboxylic acids is 4. The average Bonchev–Trinajstić information content (AvgIpc) is 3.38. The van der Waals surface area contributed by atoms with Gasteiger partial charge in [0, 0.05) is 19.2 Å². The van der Waals surface area contributed by atoms with Crippen LogP contribution in [-0.2, 0) is 24.2 Å². The molecule has 5 N–H and O–H groups in total. The average molecular weight is 617 g/mol. The lowest BCUT2D eigenvalue weighted by molar-refractivity contribution is -0.255. The van der Waals surface area contributed by atoms with Crippen molar-refractivity contribution in [1.82, 2.24) is 20.9 Å². The molecule has 1 aromatic heterocycles. The minimum absolute atomic E-state index is 0.270. The number of benzene rings is 3. The fourth-order valence-electron chi connectivity index (χ4n) is 4.01. The van der Waals surface area contributed by atoms with Crippen LogP contribution in [0.5, 0.6) is 11.5 Å². The maximum atomic E-state index is 13.2. The third-order valence-corrected chi connectivity index (χ3v) is 6.99. The zero-order chi connectivity index (χ0) is 31.5. The number of hydrogen-bond donors (Lipinski definition) is 5. The predicted molar refractivity (Wildman–Crippen MR) is 159 cm³/mol. The normalized spacial score (nSPS) is 10.5. The SMILES string of the molecule is CC(=O)Nc1nc(CCc2ccc(NC(NC(=O)[O-])NC(=O)[O-])cc2)c(C(=O)NCc2ccc(Oc3ccccc3)cc2)s1. The van der Waals surface area contributed by atoms with Crippen LogP contribution in [0.3, 0.4) is 0 Å². The Morgan fingerprint density at radius 2 is 1.43 bits per heavy atom. The molecule has 0 atom stereocenters. The van der Waals surface area contributed by atoms with Gasteiger partial charge in [0.1, 0.15) is 28.6 Å². The van der Waals surface area contributed by atoms with Crippen molar-refractivity contribution in [2.45, 2.75) is 32.6 Å². The monoisotopic (exact) mass is 616 g/mol. The summed E-state index contributed by atoms with van der Waals surface area (Å²) in [6.07, 6.45) is -3.86. The van der Waals surface area contributed by atoms with Crippen molar-refractivity contribution in [3.8, 4) is 11.5 Å². The van der Waals surface area contributed by atoms with E-state index in [0.29, 0.717) is 40.0 Å². The maximum Gasteiger partial charge on any atom is 0.263 e. The van der Waals surface area contributed by atoms with Gasteiger partial charge in [-0.15, -0.1) is 0 Å². The number of nitrogens with one attached hydrogen (secondary N) is 5. The Hall–Kier alpha value is -5.63. The molecule has 44 heavy (non-hydrogen) atoms. The predicted octanol–water partition coefficient (Wildman–Crippen LogP) is 2.17. The van der Waals surface area contributed by atoms with Gasteiger partial charge in [-0.3, -0.25) is 9.59 Å². The fourth-order valence-corrected chi connectivity index (χ4v) is 4.98. The Kier molecular flexibility index (Phi) is 10.7. The number of amides is 4. The van der Waals surface area contributed by atoms with Gasteiger partial charge in [-0.1, -0.05) is 53.8 Å². The molecule has 4 rings (SSSR count). The van der Waals surface area contributed by atoms with E-state index in [0.717, 1.165) is 28.2 Å². The van der Waals surface area contributed by atoms with Gasteiger partial charge >= 0.3 is 0 Å². The summed E-state index contributed by atoms with van der Waals surface area (Å²) in [4.78, 5) is 51.2. The first-order valence-electron chi connectivity index (χ1n) is 13.3. The first-order valence-corrected chi connectivity index (χ1v) is 14.1. The number of hydrogen-bond acceptors (Lipinski definition) is 10. The van der Waals surface area contributed by atoms with E-state index in [9.17, 15) is 29.4 Å². The Morgan fingerprint density at radius 1 is 0.818 bits per heavy atom. The number of nitrogens with zero attached hydrogens (tertiary/aromatic N) is 1. The van der Waals surface area contributed by atoms with E-state index in [1.54, 1.807) is 24.3 Å². The van der Waals surface area contributed by atoms with E-state index in [1.165, 1.54) is 6.92 Å². The molecule has 1 heterocycles. The Bertz CT molecular complexity index is 1580. The molecular formula is C30H28N6O7S-2. The van der Waals surface area contributed by atoms with Gasteiger partial charge < -0.3 is 51.1 Å². The Morgan fingerprint density at radius 3 is 2.05 bits per heavy atom. The third kappa shape index (κ3) is 9.73. The second-order valence-electron chi connectivity index (χ2n) is 9.36. The minimum atomic E-state index is -1.68. The van der Waals surface area contributed by atoms with Crippen LogP contribution in [0.4, 0.5) is 20.4 Å². The van der Waals surface area contributed by atoms with Gasteiger partial charge in [0.05, 0.1) is 5.69 Å². The van der Waals surface area contributed by atoms with Gasteiger partial charge in [-0.25, -0.2) is 4.98 Å². The molecule has 0 bridgehead atoms. The van der Waals surface area contributed by atoms with Crippen molar-refractivity contribution >= 4 is 46.2 Å². The lowest BCUT2D eigenvalue weighted by Gasteiger charge is -2.24. The third-order valence-electron chi connectivity index (χ3n) is 5.98. The maximum absolute atomic E-state index is 13.2. The molecule has 0 aliphatic carbocycles. The van der Waals surface area contributed by atoms with Gasteiger partial charge in [0.15, 0.2) is 11.4 Å². The van der Waals surface area contributed by atoms with Crippen LogP contribution in [0.25, 0.3) is 0 Å². The highest BCUT2D eigenvalue weighted by molar-refractivity contribution is 7.17. The van der Waals surface area contributed by atoms with Gasteiger partial charge in [0.2, 0.25) is 5.91 Å². The molecule has 3 aromatic carbocycles. The quantitative estimate of drug-likeness (QED) is 0.140. The first kappa shape index (κ1) is 31.3. The summed E-state index contributed by atoms with van der Waals surface area (Å²) in [5.41, 5.74) is 2.67. The number of carboxylic acid groups (broad SMARTS) is 2. The molecule has 0 aliphatic heterocycles. The largest absolute Gasteiger partial charge is 0.530 e. The molecule has 228 valence electrons. The Labute approximate surface area is 256 Å². The van der Waals surface area contributed by atoms with Gasteiger partial charge in [-0.05, 0) is 60.4 Å². The summed E-state index contributed by atoms with van der Waals surface area (Å²) >= 11 is 1.08. The summed E-state index contributed by atoms with van der Waals surface area (Å²) in [5.74, 6) is 0.755. The van der Waals surface area contributed by atoms with E-state index in [-0.39, 0.29) is 18.4 Å². The number of anilines is 2. The Balaban J connectivity index is 1.37. The number of ether oxygens (including phenoxy) is 1. The molecule has 0 saturated carbocycles. The molecule has 13 nitrogen and oxygen atoms in total. The highest BCUT2D eigenvalue weighted by atomic mass is 32.1. The number of rotatable bonds is 13. The smallest absolute Gasteiger partial charge is 0.263 e. The van der Waals surface area contributed by atoms with Crippen molar-refractivity contribution in [3.63, 3.8) is 0 Å². The van der Waals surface area contributed by atoms with E-state index < -0.39 is 18.5 Å². The topological polar surface area (TPSA) is 197 Å². The number of aromatic nitrogens is 1. The first-order chi connectivity index (χ1) is 21.1. The second-order valence-corrected chi connectivity index (χ2v) is 10.4. The van der Waals surface area contributed by atoms with Crippen LogP contribution in [-0.4, -0.2) is 35.3 Å². The van der Waals surface area contributed by atoms with Crippen molar-refractivity contribution in [2.24, 2.45) is 0 Å². The molecule has 14 heteroatoms. The molecule has 0 radical (unpaired) electrons. The standard InChI is InChI=1S/C30H30N6O7S/c1-18(37)32-28-34-24(16-11-19-7-12-21(13-8-19)33-27(35-29(39)40)36-30(41)42)25(44-28)26(38)31-17-20-9-14-23(15-10-20)43-22-5-3-2-4-6-22/h2-10,12-15,27,33,35-36H,11,16-17H2,1H3,(H,31,38)(H,39,40)(H,41,42)(H,32,34,37)/p-2. The summed E-state index contributed by atoms with van der Waals surface area (Å²) in [6, 6.07) is 23.5. The summed E-state index contributed by atoms with van der Waals surface area (Å²) in [6.45, 7) is 1.63. The molecular weight excluding hydrogens is 588 g/mol. The van der Waals surface area contributed by atoms with E-state index in [1.807, 2.05) is 65.2 Å². The highest BCUT2D eigenvalue weighted by Crippen LogP contribution is 2.25. The summed E-state index contributed by atoms with van der Waals surface area (Å²) in [5, 5.41) is 33.8. The van der Waals surface area contributed by atoms with E-state index >= 15 is 0 Å². The summed E-state index contributed by atoms with van der Waals surface area (Å²) < 4.78 is 5.81. The molecule has 4 amide bonds. The number of carbonyl (C=O) groups is 4. The minimum Gasteiger partial charge on any atom is -0.530 e. The van der Waals surface area contributed by atoms with Crippen molar-refractivity contribution in [3.05, 3.63) is 101 Å². The zero-order valence-corrected chi connectivity index (χ0v) is 24.2. The molecule has 0 fully saturated rings. The second kappa shape index (κ2) is 15.0. The molecule has 4 aromatic rings. The van der Waals surface area contributed by atoms with Crippen LogP contribution in [0.1, 0.15) is 33.4 Å². The zero-order valence-electron chi connectivity index (χ0n) is 23.4. The molecule has 0 aliphatic rings.